The molecule has 0 fully saturated rings. The Labute approximate surface area is 92.0 Å². The van der Waals surface area contributed by atoms with Gasteiger partial charge in [0, 0.05) is 11.0 Å². The van der Waals surface area contributed by atoms with Crippen molar-refractivity contribution in [1.29, 1.82) is 0 Å². The highest BCUT2D eigenvalue weighted by atomic mass is 79.9. The third-order valence-electron chi connectivity index (χ3n) is 2.43. The summed E-state index contributed by atoms with van der Waals surface area (Å²) in [6.45, 7) is 2.90. The van der Waals surface area contributed by atoms with E-state index in [0.29, 0.717) is 6.42 Å². The Morgan fingerprint density at radius 2 is 2.29 bits per heavy atom. The first-order valence-corrected chi connectivity index (χ1v) is 5.61. The zero-order valence-corrected chi connectivity index (χ0v) is 9.67. The Morgan fingerprint density at radius 3 is 3.00 bits per heavy atom. The zero-order valence-electron chi connectivity index (χ0n) is 8.09. The van der Waals surface area contributed by atoms with E-state index in [1.54, 1.807) is 0 Å². The van der Waals surface area contributed by atoms with Gasteiger partial charge in [0.25, 0.3) is 0 Å². The van der Waals surface area contributed by atoms with Gasteiger partial charge in [-0.15, -0.1) is 0 Å². The molecule has 0 radical (unpaired) electrons. The Balaban J connectivity index is 2.44. The first kappa shape index (κ1) is 9.71. The molecule has 0 atom stereocenters. The maximum absolute atomic E-state index is 11.7. The van der Waals surface area contributed by atoms with Crippen LogP contribution in [-0.4, -0.2) is 12.5 Å². The molecular formula is C11H12BrNO. The van der Waals surface area contributed by atoms with E-state index in [-0.39, 0.29) is 5.91 Å². The van der Waals surface area contributed by atoms with Crippen LogP contribution in [0, 0.1) is 0 Å². The van der Waals surface area contributed by atoms with Gasteiger partial charge in [0.05, 0.1) is 12.1 Å². The van der Waals surface area contributed by atoms with Gasteiger partial charge < -0.3 is 4.90 Å². The predicted molar refractivity (Wildman–Crippen MR) is 60.5 cm³/mol. The average molecular weight is 254 g/mol. The molecule has 1 aromatic rings. The Hall–Kier alpha value is -0.830. The van der Waals surface area contributed by atoms with E-state index in [9.17, 15) is 4.79 Å². The summed E-state index contributed by atoms with van der Waals surface area (Å²) in [7, 11) is 0. The lowest BCUT2D eigenvalue weighted by molar-refractivity contribution is -0.117. The van der Waals surface area contributed by atoms with Crippen molar-refractivity contribution < 1.29 is 4.79 Å². The molecule has 0 saturated heterocycles. The second-order valence-corrected chi connectivity index (χ2v) is 4.32. The molecule has 0 aromatic heterocycles. The third-order valence-corrected chi connectivity index (χ3v) is 3.07. The number of fused-ring (bicyclic) bond motifs is 1. The largest absolute Gasteiger partial charge is 0.311 e. The monoisotopic (exact) mass is 253 g/mol. The van der Waals surface area contributed by atoms with Crippen LogP contribution in [0.15, 0.2) is 22.7 Å². The van der Waals surface area contributed by atoms with Gasteiger partial charge in [-0.1, -0.05) is 19.1 Å². The zero-order chi connectivity index (χ0) is 10.1. The van der Waals surface area contributed by atoms with Crippen LogP contribution in [-0.2, 0) is 11.2 Å². The van der Waals surface area contributed by atoms with Crippen molar-refractivity contribution in [3.63, 3.8) is 0 Å². The molecule has 2 rings (SSSR count). The fourth-order valence-corrected chi connectivity index (χ4v) is 2.47. The summed E-state index contributed by atoms with van der Waals surface area (Å²) < 4.78 is 1.02. The van der Waals surface area contributed by atoms with E-state index in [1.165, 1.54) is 0 Å². The van der Waals surface area contributed by atoms with Crippen molar-refractivity contribution in [2.24, 2.45) is 0 Å². The molecule has 0 unspecified atom stereocenters. The smallest absolute Gasteiger partial charge is 0.231 e. The van der Waals surface area contributed by atoms with E-state index < -0.39 is 0 Å². The first-order valence-electron chi connectivity index (χ1n) is 4.81. The predicted octanol–water partition coefficient (Wildman–Crippen LogP) is 2.75. The quantitative estimate of drug-likeness (QED) is 0.794. The number of carbonyl (C=O) groups is 1. The molecule has 1 aliphatic heterocycles. The summed E-state index contributed by atoms with van der Waals surface area (Å²) in [5.74, 6) is 0.216. The Kier molecular flexibility index (Phi) is 2.59. The molecule has 2 nitrogen and oxygen atoms in total. The molecule has 14 heavy (non-hydrogen) atoms. The van der Waals surface area contributed by atoms with Crippen LogP contribution in [0.4, 0.5) is 5.69 Å². The number of carbonyl (C=O) groups excluding carboxylic acids is 1. The summed E-state index contributed by atoms with van der Waals surface area (Å²) in [5.41, 5.74) is 2.21. The summed E-state index contributed by atoms with van der Waals surface area (Å²) >= 11 is 3.49. The van der Waals surface area contributed by atoms with Crippen LogP contribution < -0.4 is 4.90 Å². The Morgan fingerprint density at radius 1 is 1.50 bits per heavy atom. The molecule has 3 heteroatoms. The maximum atomic E-state index is 11.7. The van der Waals surface area contributed by atoms with Gasteiger partial charge in [0.1, 0.15) is 0 Å². The highest BCUT2D eigenvalue weighted by Crippen LogP contribution is 2.35. The molecule has 1 heterocycles. The van der Waals surface area contributed by atoms with Gasteiger partial charge in [0.2, 0.25) is 5.91 Å². The molecule has 1 aliphatic rings. The molecule has 0 saturated carbocycles. The molecule has 0 bridgehead atoms. The minimum Gasteiger partial charge on any atom is -0.311 e. The average Bonchev–Trinajstić information content (AvgIpc) is 2.45. The summed E-state index contributed by atoms with van der Waals surface area (Å²) in [4.78, 5) is 13.6. The lowest BCUT2D eigenvalue weighted by atomic mass is 10.2. The van der Waals surface area contributed by atoms with Crippen molar-refractivity contribution in [3.05, 3.63) is 28.2 Å². The van der Waals surface area contributed by atoms with Crippen molar-refractivity contribution in [2.45, 2.75) is 19.8 Å². The van der Waals surface area contributed by atoms with E-state index in [0.717, 1.165) is 28.7 Å². The molecule has 74 valence electrons. The van der Waals surface area contributed by atoms with Gasteiger partial charge in [0.15, 0.2) is 0 Å². The molecule has 1 aromatic carbocycles. The van der Waals surface area contributed by atoms with Gasteiger partial charge in [-0.25, -0.2) is 0 Å². The normalized spacial score (nSPS) is 14.7. The number of amides is 1. The van der Waals surface area contributed by atoms with Crippen molar-refractivity contribution >= 4 is 27.5 Å². The van der Waals surface area contributed by atoms with E-state index in [2.05, 4.69) is 22.9 Å². The van der Waals surface area contributed by atoms with Crippen LogP contribution in [0.5, 0.6) is 0 Å². The fourth-order valence-electron chi connectivity index (χ4n) is 1.85. The number of rotatable bonds is 2. The number of para-hydroxylation sites is 1. The SMILES string of the molecule is CCCN1C(=O)Cc2cccc(Br)c21. The van der Waals surface area contributed by atoms with Gasteiger partial charge in [-0.3, -0.25) is 4.79 Å². The number of nitrogens with zero attached hydrogens (tertiary/aromatic N) is 1. The molecule has 1 amide bonds. The minimum atomic E-state index is 0.216. The summed E-state index contributed by atoms with van der Waals surface area (Å²) in [6.07, 6.45) is 1.54. The van der Waals surface area contributed by atoms with Gasteiger partial charge in [-0.05, 0) is 34.0 Å². The van der Waals surface area contributed by atoms with Crippen LogP contribution in [0.25, 0.3) is 0 Å². The highest BCUT2D eigenvalue weighted by Gasteiger charge is 2.27. The van der Waals surface area contributed by atoms with Crippen molar-refractivity contribution in [1.82, 2.24) is 0 Å². The summed E-state index contributed by atoms with van der Waals surface area (Å²) in [5, 5.41) is 0. The van der Waals surface area contributed by atoms with Crippen molar-refractivity contribution in [3.8, 4) is 0 Å². The van der Waals surface area contributed by atoms with E-state index in [1.807, 2.05) is 23.1 Å². The van der Waals surface area contributed by atoms with E-state index >= 15 is 0 Å². The van der Waals surface area contributed by atoms with Crippen LogP contribution in [0.2, 0.25) is 0 Å². The number of hydrogen-bond donors (Lipinski definition) is 0. The van der Waals surface area contributed by atoms with E-state index in [4.69, 9.17) is 0 Å². The molecular weight excluding hydrogens is 242 g/mol. The minimum absolute atomic E-state index is 0.216. The first-order chi connectivity index (χ1) is 6.74. The third kappa shape index (κ3) is 1.46. The Bertz CT molecular complexity index is 376. The second kappa shape index (κ2) is 3.73. The number of hydrogen-bond acceptors (Lipinski definition) is 1. The lowest BCUT2D eigenvalue weighted by Crippen LogP contribution is -2.27. The molecule has 0 spiro atoms. The number of anilines is 1. The topological polar surface area (TPSA) is 20.3 Å². The second-order valence-electron chi connectivity index (χ2n) is 3.47. The number of benzene rings is 1. The maximum Gasteiger partial charge on any atom is 0.231 e. The lowest BCUT2D eigenvalue weighted by Gasteiger charge is -2.17. The number of halogens is 1. The van der Waals surface area contributed by atoms with Crippen molar-refractivity contribution in [2.75, 3.05) is 11.4 Å². The molecule has 0 N–H and O–H groups in total. The van der Waals surface area contributed by atoms with Crippen LogP contribution in [0.3, 0.4) is 0 Å². The standard InChI is InChI=1S/C11H12BrNO/c1-2-6-13-10(14)7-8-4-3-5-9(12)11(8)13/h3-5H,2,6-7H2,1H3. The molecule has 0 aliphatic carbocycles. The highest BCUT2D eigenvalue weighted by molar-refractivity contribution is 9.10. The van der Waals surface area contributed by atoms with Gasteiger partial charge >= 0.3 is 0 Å². The van der Waals surface area contributed by atoms with Crippen LogP contribution >= 0.6 is 15.9 Å². The van der Waals surface area contributed by atoms with Crippen LogP contribution in [0.1, 0.15) is 18.9 Å². The fraction of sp³-hybridized carbons (Fsp3) is 0.364. The van der Waals surface area contributed by atoms with Gasteiger partial charge in [-0.2, -0.15) is 0 Å². The summed E-state index contributed by atoms with van der Waals surface area (Å²) in [6, 6.07) is 5.99.